The zero-order valence-corrected chi connectivity index (χ0v) is 15.0. The molecule has 2 atom stereocenters. The highest BCUT2D eigenvalue weighted by atomic mass is 16.5. The Labute approximate surface area is 152 Å². The first-order chi connectivity index (χ1) is 12.6. The van der Waals surface area contributed by atoms with E-state index in [-0.39, 0.29) is 18.6 Å². The molecule has 0 radical (unpaired) electrons. The molecule has 2 aromatic rings. The van der Waals surface area contributed by atoms with Crippen molar-refractivity contribution in [2.75, 3.05) is 38.8 Å². The summed E-state index contributed by atoms with van der Waals surface area (Å²) >= 11 is 0. The molecule has 2 fully saturated rings. The van der Waals surface area contributed by atoms with Crippen molar-refractivity contribution in [3.8, 4) is 5.88 Å². The van der Waals surface area contributed by atoms with Gasteiger partial charge in [0.2, 0.25) is 11.8 Å². The van der Waals surface area contributed by atoms with E-state index in [1.165, 1.54) is 6.33 Å². The number of nitrogens with zero attached hydrogens (tertiary/aromatic N) is 4. The van der Waals surface area contributed by atoms with E-state index >= 15 is 0 Å². The number of piperidine rings is 1. The molecular formula is C19H22N4O3. The van der Waals surface area contributed by atoms with Crippen molar-refractivity contribution in [2.24, 2.45) is 0 Å². The van der Waals surface area contributed by atoms with Gasteiger partial charge in [-0.3, -0.25) is 4.79 Å². The zero-order valence-electron chi connectivity index (χ0n) is 15.0. The molecule has 136 valence electrons. The van der Waals surface area contributed by atoms with Crippen molar-refractivity contribution < 1.29 is 14.3 Å². The van der Waals surface area contributed by atoms with Gasteiger partial charge < -0.3 is 19.3 Å². The molecule has 2 saturated heterocycles. The molecule has 0 bridgehead atoms. The highest BCUT2D eigenvalue weighted by Crippen LogP contribution is 2.42. The quantitative estimate of drug-likeness (QED) is 0.831. The van der Waals surface area contributed by atoms with Crippen LogP contribution in [0.1, 0.15) is 12.0 Å². The number of likely N-dealkylation sites (N-methyl/N-ethyl adjacent to an activating group) is 1. The Morgan fingerprint density at radius 3 is 2.85 bits per heavy atom. The van der Waals surface area contributed by atoms with Crippen LogP contribution in [-0.4, -0.2) is 60.7 Å². The molecule has 0 unspecified atom stereocenters. The summed E-state index contributed by atoms with van der Waals surface area (Å²) in [7, 11) is 3.47. The van der Waals surface area contributed by atoms with Crippen LogP contribution in [0.15, 0.2) is 42.7 Å². The van der Waals surface area contributed by atoms with Crippen molar-refractivity contribution in [2.45, 2.75) is 18.1 Å². The van der Waals surface area contributed by atoms with Crippen LogP contribution in [0.4, 0.5) is 5.82 Å². The first kappa shape index (κ1) is 16.8. The average Bonchev–Trinajstić information content (AvgIpc) is 2.71. The van der Waals surface area contributed by atoms with Crippen molar-refractivity contribution in [1.82, 2.24) is 14.9 Å². The van der Waals surface area contributed by atoms with E-state index in [9.17, 15) is 4.79 Å². The molecule has 0 saturated carbocycles. The number of anilines is 1. The third kappa shape index (κ3) is 2.59. The zero-order chi connectivity index (χ0) is 18.1. The lowest BCUT2D eigenvalue weighted by Gasteiger charge is -2.55. The molecule has 7 heteroatoms. The number of aromatic nitrogens is 2. The monoisotopic (exact) mass is 354 g/mol. The third-order valence-electron chi connectivity index (χ3n) is 5.50. The van der Waals surface area contributed by atoms with Crippen molar-refractivity contribution in [3.63, 3.8) is 0 Å². The van der Waals surface area contributed by atoms with E-state index in [0.717, 1.165) is 24.3 Å². The van der Waals surface area contributed by atoms with E-state index in [0.29, 0.717) is 12.4 Å². The van der Waals surface area contributed by atoms with Gasteiger partial charge in [0, 0.05) is 26.2 Å². The molecule has 2 aliphatic rings. The Bertz CT molecular complexity index is 800. The lowest BCUT2D eigenvalue weighted by molar-refractivity contribution is -0.173. The van der Waals surface area contributed by atoms with Gasteiger partial charge in [-0.15, -0.1) is 0 Å². The van der Waals surface area contributed by atoms with Crippen molar-refractivity contribution in [1.29, 1.82) is 0 Å². The molecule has 7 nitrogen and oxygen atoms in total. The van der Waals surface area contributed by atoms with Gasteiger partial charge in [-0.2, -0.15) is 0 Å². The number of fused-ring (bicyclic) bond motifs is 1. The molecule has 0 N–H and O–H groups in total. The molecule has 1 aromatic carbocycles. The van der Waals surface area contributed by atoms with Gasteiger partial charge in [-0.05, 0) is 12.0 Å². The van der Waals surface area contributed by atoms with E-state index in [1.54, 1.807) is 7.11 Å². The number of morpholine rings is 1. The lowest BCUT2D eigenvalue weighted by Crippen LogP contribution is -2.67. The summed E-state index contributed by atoms with van der Waals surface area (Å²) in [5, 5.41) is 0. The standard InChI is InChI=1S/C19H22N4O3/c1-22-18(24)12-26-15-11-23(16-10-17(25-2)21-13-20-16)9-8-19(15,22)14-6-4-3-5-7-14/h3-7,10,13,15H,8-9,11-12H2,1-2H3/t15-,19+/m1/s1. The Hall–Kier alpha value is -2.67. The fourth-order valence-corrected chi connectivity index (χ4v) is 4.05. The number of ether oxygens (including phenoxy) is 2. The van der Waals surface area contributed by atoms with Crippen LogP contribution in [0.2, 0.25) is 0 Å². The average molecular weight is 354 g/mol. The predicted molar refractivity (Wildman–Crippen MR) is 96.0 cm³/mol. The molecule has 1 amide bonds. The molecule has 1 aromatic heterocycles. The molecule has 0 aliphatic carbocycles. The number of carbonyl (C=O) groups is 1. The molecule has 4 rings (SSSR count). The van der Waals surface area contributed by atoms with Crippen LogP contribution in [-0.2, 0) is 15.1 Å². The van der Waals surface area contributed by atoms with Gasteiger partial charge >= 0.3 is 0 Å². The van der Waals surface area contributed by atoms with E-state index < -0.39 is 5.54 Å². The Balaban J connectivity index is 1.68. The minimum Gasteiger partial charge on any atom is -0.481 e. The highest BCUT2D eigenvalue weighted by molar-refractivity contribution is 5.79. The predicted octanol–water partition coefficient (Wildman–Crippen LogP) is 1.45. The maximum absolute atomic E-state index is 12.4. The Kier molecular flexibility index (Phi) is 4.24. The van der Waals surface area contributed by atoms with Gasteiger partial charge in [-0.25, -0.2) is 9.97 Å². The Morgan fingerprint density at radius 1 is 1.27 bits per heavy atom. The first-order valence-corrected chi connectivity index (χ1v) is 8.70. The number of amides is 1. The van der Waals surface area contributed by atoms with Crippen LogP contribution < -0.4 is 9.64 Å². The maximum Gasteiger partial charge on any atom is 0.249 e. The fraction of sp³-hybridized carbons (Fsp3) is 0.421. The molecule has 2 aliphatic heterocycles. The topological polar surface area (TPSA) is 67.8 Å². The van der Waals surface area contributed by atoms with Crippen molar-refractivity contribution in [3.05, 3.63) is 48.3 Å². The van der Waals surface area contributed by atoms with Crippen LogP contribution in [0, 0.1) is 0 Å². The molecule has 26 heavy (non-hydrogen) atoms. The maximum atomic E-state index is 12.4. The number of benzene rings is 1. The molecule has 3 heterocycles. The largest absolute Gasteiger partial charge is 0.481 e. The SMILES string of the molecule is COc1cc(N2CC[C@]3(c4ccccc4)[C@@H](C2)OCC(=O)N3C)ncn1. The number of rotatable bonds is 3. The second kappa shape index (κ2) is 6.57. The number of hydrogen-bond donors (Lipinski definition) is 0. The summed E-state index contributed by atoms with van der Waals surface area (Å²) in [6.45, 7) is 1.51. The van der Waals surface area contributed by atoms with Crippen LogP contribution in [0.3, 0.4) is 0 Å². The minimum absolute atomic E-state index is 0.0160. The van der Waals surface area contributed by atoms with Gasteiger partial charge in [0.1, 0.15) is 24.9 Å². The van der Waals surface area contributed by atoms with Crippen LogP contribution in [0.25, 0.3) is 0 Å². The number of hydrogen-bond acceptors (Lipinski definition) is 6. The van der Waals surface area contributed by atoms with Gasteiger partial charge in [-0.1, -0.05) is 30.3 Å². The fourth-order valence-electron chi connectivity index (χ4n) is 4.05. The summed E-state index contributed by atoms with van der Waals surface area (Å²) in [6.07, 6.45) is 2.13. The summed E-state index contributed by atoms with van der Waals surface area (Å²) < 4.78 is 11.2. The third-order valence-corrected chi connectivity index (χ3v) is 5.50. The summed E-state index contributed by atoms with van der Waals surface area (Å²) in [6, 6.07) is 12.0. The second-order valence-electron chi connectivity index (χ2n) is 6.66. The Morgan fingerprint density at radius 2 is 2.08 bits per heavy atom. The number of carbonyl (C=O) groups excluding carboxylic acids is 1. The van der Waals surface area contributed by atoms with Gasteiger partial charge in [0.05, 0.1) is 12.6 Å². The van der Waals surface area contributed by atoms with Crippen LogP contribution in [0.5, 0.6) is 5.88 Å². The lowest BCUT2D eigenvalue weighted by atomic mass is 9.76. The summed E-state index contributed by atoms with van der Waals surface area (Å²) in [5.74, 6) is 1.36. The van der Waals surface area contributed by atoms with E-state index in [4.69, 9.17) is 9.47 Å². The summed E-state index contributed by atoms with van der Waals surface area (Å²) in [5.41, 5.74) is 0.657. The first-order valence-electron chi connectivity index (χ1n) is 8.70. The van der Waals surface area contributed by atoms with E-state index in [2.05, 4.69) is 27.0 Å². The summed E-state index contributed by atoms with van der Waals surface area (Å²) in [4.78, 5) is 24.9. The van der Waals surface area contributed by atoms with E-state index in [1.807, 2.05) is 36.2 Å². The normalized spacial score (nSPS) is 25.8. The van der Waals surface area contributed by atoms with Gasteiger partial charge in [0.25, 0.3) is 0 Å². The van der Waals surface area contributed by atoms with Crippen LogP contribution >= 0.6 is 0 Å². The van der Waals surface area contributed by atoms with Crippen molar-refractivity contribution >= 4 is 11.7 Å². The smallest absolute Gasteiger partial charge is 0.249 e. The number of methoxy groups -OCH3 is 1. The minimum atomic E-state index is -0.454. The van der Waals surface area contributed by atoms with Gasteiger partial charge in [0.15, 0.2) is 0 Å². The highest BCUT2D eigenvalue weighted by Gasteiger charge is 2.52. The second-order valence-corrected chi connectivity index (χ2v) is 6.66. The molecular weight excluding hydrogens is 332 g/mol. The molecule has 0 spiro atoms.